The van der Waals surface area contributed by atoms with Gasteiger partial charge in [-0.3, -0.25) is 15.1 Å². The molecule has 0 aliphatic heterocycles. The summed E-state index contributed by atoms with van der Waals surface area (Å²) in [6.45, 7) is 12.9. The molecule has 6 rings (SSSR count). The van der Waals surface area contributed by atoms with E-state index in [1.54, 1.807) is 11.3 Å². The van der Waals surface area contributed by atoms with E-state index in [1.165, 1.54) is 9.75 Å². The zero-order valence-electron chi connectivity index (χ0n) is 21.9. The largest absolute Gasteiger partial charge is 0.358 e. The highest BCUT2D eigenvalue weighted by atomic mass is 32.1. The molecular formula is C30H29N7S. The number of nitrogens with one attached hydrogen (secondary N) is 3. The Morgan fingerprint density at radius 2 is 1.79 bits per heavy atom. The summed E-state index contributed by atoms with van der Waals surface area (Å²) < 4.78 is 0. The van der Waals surface area contributed by atoms with Gasteiger partial charge < -0.3 is 10.3 Å². The Hall–Kier alpha value is -4.30. The summed E-state index contributed by atoms with van der Waals surface area (Å²) in [6, 6.07) is 10.6. The molecule has 6 aromatic heterocycles. The molecule has 3 N–H and O–H groups in total. The monoisotopic (exact) mass is 519 g/mol. The van der Waals surface area contributed by atoms with Gasteiger partial charge in [-0.2, -0.15) is 5.10 Å². The number of aromatic nitrogens is 6. The molecule has 6 heterocycles. The third kappa shape index (κ3) is 4.70. The Labute approximate surface area is 225 Å². The van der Waals surface area contributed by atoms with Crippen LogP contribution in [0.2, 0.25) is 0 Å². The van der Waals surface area contributed by atoms with E-state index in [1.807, 2.05) is 31.0 Å². The van der Waals surface area contributed by atoms with Gasteiger partial charge in [0, 0.05) is 61.5 Å². The number of hydrogen-bond donors (Lipinski definition) is 3. The summed E-state index contributed by atoms with van der Waals surface area (Å²) in [5.74, 6) is 0. The number of hydrogen-bond acceptors (Lipinski definition) is 6. The lowest BCUT2D eigenvalue weighted by Crippen LogP contribution is -2.10. The van der Waals surface area contributed by atoms with Crippen LogP contribution in [-0.2, 0) is 0 Å². The minimum Gasteiger partial charge on any atom is -0.358 e. The standard InChI is InChI=1S/C30H29N7S/c1-17(11-30(3,4)5)34-21-8-19(12-31-14-21)20-9-23-28(36-37-29(23)33-13-20)25-10-22-24(15-32-16-26(22)35-25)27-7-6-18(2)38-27/h6-10,12-16,34-35H,1,11H2,2-5H3,(H,33,36,37). The summed E-state index contributed by atoms with van der Waals surface area (Å²) in [5, 5.41) is 13.1. The number of aryl methyl sites for hydroxylation is 1. The summed E-state index contributed by atoms with van der Waals surface area (Å²) in [6.07, 6.45) is 10.2. The SMILES string of the molecule is C=C(CC(C)(C)C)Nc1cncc(-c2cnc3n[nH]c(-c4cc5c(-c6ccc(C)s6)cncc5[nH]4)c3c2)c1. The maximum absolute atomic E-state index is 4.63. The van der Waals surface area contributed by atoms with Gasteiger partial charge in [-0.15, -0.1) is 11.3 Å². The van der Waals surface area contributed by atoms with Crippen LogP contribution in [0.15, 0.2) is 73.6 Å². The van der Waals surface area contributed by atoms with Crippen LogP contribution in [0.25, 0.3) is 54.9 Å². The summed E-state index contributed by atoms with van der Waals surface area (Å²) in [5.41, 5.74) is 8.55. The van der Waals surface area contributed by atoms with E-state index >= 15 is 0 Å². The van der Waals surface area contributed by atoms with Crippen molar-refractivity contribution in [2.75, 3.05) is 5.32 Å². The van der Waals surface area contributed by atoms with Gasteiger partial charge >= 0.3 is 0 Å². The molecule has 0 saturated carbocycles. The first-order chi connectivity index (χ1) is 18.2. The molecule has 0 fully saturated rings. The molecule has 7 nitrogen and oxygen atoms in total. The van der Waals surface area contributed by atoms with Gasteiger partial charge in [0.15, 0.2) is 5.65 Å². The summed E-state index contributed by atoms with van der Waals surface area (Å²) in [7, 11) is 0. The summed E-state index contributed by atoms with van der Waals surface area (Å²) >= 11 is 1.77. The molecule has 0 aliphatic carbocycles. The van der Waals surface area contributed by atoms with Gasteiger partial charge in [-0.25, -0.2) is 4.98 Å². The zero-order chi connectivity index (χ0) is 26.4. The maximum atomic E-state index is 4.63. The molecule has 0 radical (unpaired) electrons. The van der Waals surface area contributed by atoms with Gasteiger partial charge in [-0.05, 0) is 49.1 Å². The van der Waals surface area contributed by atoms with Crippen LogP contribution >= 0.6 is 11.3 Å². The fourth-order valence-electron chi connectivity index (χ4n) is 4.78. The molecule has 0 bridgehead atoms. The highest BCUT2D eigenvalue weighted by Crippen LogP contribution is 2.36. The number of H-pyrrole nitrogens is 2. The predicted octanol–water partition coefficient (Wildman–Crippen LogP) is 7.96. The number of nitrogens with zero attached hydrogens (tertiary/aromatic N) is 4. The van der Waals surface area contributed by atoms with E-state index in [4.69, 9.17) is 0 Å². The Morgan fingerprint density at radius 1 is 0.974 bits per heavy atom. The van der Waals surface area contributed by atoms with E-state index in [9.17, 15) is 0 Å². The van der Waals surface area contributed by atoms with Gasteiger partial charge in [-0.1, -0.05) is 27.4 Å². The van der Waals surface area contributed by atoms with Crippen LogP contribution in [0, 0.1) is 12.3 Å². The van der Waals surface area contributed by atoms with Crippen LogP contribution in [0.4, 0.5) is 5.69 Å². The number of pyridine rings is 3. The zero-order valence-corrected chi connectivity index (χ0v) is 22.7. The van der Waals surface area contributed by atoms with Crippen LogP contribution in [0.1, 0.15) is 32.1 Å². The Kier molecular flexibility index (Phi) is 5.84. The molecule has 0 unspecified atom stereocenters. The molecule has 8 heteroatoms. The van der Waals surface area contributed by atoms with Gasteiger partial charge in [0.05, 0.1) is 35.0 Å². The first-order valence-corrected chi connectivity index (χ1v) is 13.3. The Morgan fingerprint density at radius 3 is 2.58 bits per heavy atom. The van der Waals surface area contributed by atoms with Crippen molar-refractivity contribution in [1.82, 2.24) is 30.1 Å². The summed E-state index contributed by atoms with van der Waals surface area (Å²) in [4.78, 5) is 19.6. The third-order valence-corrected chi connectivity index (χ3v) is 7.40. The van der Waals surface area contributed by atoms with Crippen LogP contribution in [0.5, 0.6) is 0 Å². The molecule has 6 aromatic rings. The first-order valence-electron chi connectivity index (χ1n) is 12.5. The lowest BCUT2D eigenvalue weighted by Gasteiger charge is -2.20. The lowest BCUT2D eigenvalue weighted by atomic mass is 9.91. The number of aromatic amines is 2. The van der Waals surface area contributed by atoms with Crippen molar-refractivity contribution in [3.63, 3.8) is 0 Å². The lowest BCUT2D eigenvalue weighted by molar-refractivity contribution is 0.411. The highest BCUT2D eigenvalue weighted by Gasteiger charge is 2.16. The average Bonchev–Trinajstić information content (AvgIpc) is 3.60. The molecule has 0 aromatic carbocycles. The smallest absolute Gasteiger partial charge is 0.181 e. The number of anilines is 1. The molecule has 38 heavy (non-hydrogen) atoms. The molecular weight excluding hydrogens is 490 g/mol. The van der Waals surface area contributed by atoms with Crippen molar-refractivity contribution < 1.29 is 0 Å². The quantitative estimate of drug-likeness (QED) is 0.207. The van der Waals surface area contributed by atoms with Crippen molar-refractivity contribution in [2.24, 2.45) is 5.41 Å². The molecule has 0 spiro atoms. The van der Waals surface area contributed by atoms with Crippen molar-refractivity contribution in [3.8, 4) is 33.0 Å². The molecule has 0 aliphatic rings. The minimum absolute atomic E-state index is 0.157. The molecule has 0 saturated heterocycles. The number of allylic oxidation sites excluding steroid dienone is 1. The number of rotatable bonds is 6. The second-order valence-electron chi connectivity index (χ2n) is 10.9. The Balaban J connectivity index is 1.36. The minimum atomic E-state index is 0.157. The molecule has 0 amide bonds. The second-order valence-corrected chi connectivity index (χ2v) is 12.2. The maximum Gasteiger partial charge on any atom is 0.181 e. The molecule has 0 atom stereocenters. The fraction of sp³-hybridized carbons (Fsp3) is 0.200. The van der Waals surface area contributed by atoms with E-state index in [2.05, 4.69) is 100 Å². The van der Waals surface area contributed by atoms with Gasteiger partial charge in [0.2, 0.25) is 0 Å². The normalized spacial score (nSPS) is 11.9. The van der Waals surface area contributed by atoms with Crippen LogP contribution in [0.3, 0.4) is 0 Å². The van der Waals surface area contributed by atoms with Crippen LogP contribution in [-0.4, -0.2) is 30.1 Å². The van der Waals surface area contributed by atoms with Crippen molar-refractivity contribution in [3.05, 3.63) is 78.5 Å². The van der Waals surface area contributed by atoms with E-state index in [0.29, 0.717) is 5.65 Å². The Bertz CT molecular complexity index is 1800. The highest BCUT2D eigenvalue weighted by molar-refractivity contribution is 7.15. The van der Waals surface area contributed by atoms with Crippen molar-refractivity contribution >= 4 is 39.0 Å². The third-order valence-electron chi connectivity index (χ3n) is 6.37. The second kappa shape index (κ2) is 9.22. The van der Waals surface area contributed by atoms with Crippen molar-refractivity contribution in [2.45, 2.75) is 34.1 Å². The van der Waals surface area contributed by atoms with E-state index < -0.39 is 0 Å². The molecule has 190 valence electrons. The van der Waals surface area contributed by atoms with Gasteiger partial charge in [0.25, 0.3) is 0 Å². The van der Waals surface area contributed by atoms with Gasteiger partial charge in [0.1, 0.15) is 0 Å². The van der Waals surface area contributed by atoms with E-state index in [-0.39, 0.29) is 5.41 Å². The van der Waals surface area contributed by atoms with Crippen LogP contribution < -0.4 is 5.32 Å². The average molecular weight is 520 g/mol. The number of thiophene rings is 1. The van der Waals surface area contributed by atoms with E-state index in [0.717, 1.165) is 62.2 Å². The first kappa shape index (κ1) is 24.1. The predicted molar refractivity (Wildman–Crippen MR) is 157 cm³/mol. The topological polar surface area (TPSA) is 95.2 Å². The fourth-order valence-corrected chi connectivity index (χ4v) is 5.67. The van der Waals surface area contributed by atoms with Crippen molar-refractivity contribution in [1.29, 1.82) is 0 Å². The number of fused-ring (bicyclic) bond motifs is 2.